The van der Waals surface area contributed by atoms with E-state index in [2.05, 4.69) is 48.1 Å². The second-order valence-electron chi connectivity index (χ2n) is 7.39. The first-order chi connectivity index (χ1) is 7.86. The Labute approximate surface area is 108 Å². The van der Waals surface area contributed by atoms with Crippen LogP contribution in [0.15, 0.2) is 12.2 Å². The summed E-state index contributed by atoms with van der Waals surface area (Å²) in [6.07, 6.45) is 1.42. The average molecular weight is 232 g/mol. The molecule has 0 N–H and O–H groups in total. The van der Waals surface area contributed by atoms with E-state index < -0.39 is 0 Å². The highest BCUT2D eigenvalue weighted by molar-refractivity contribution is 6.65. The van der Waals surface area contributed by atoms with E-state index in [-0.39, 0.29) is 0 Å². The van der Waals surface area contributed by atoms with E-state index in [9.17, 15) is 0 Å². The SMILES string of the molecule is C=C1C2CC(C(C)C(C)C)B(C(C)C)C1C2C. The third kappa shape index (κ3) is 1.90. The van der Waals surface area contributed by atoms with Gasteiger partial charge in [-0.3, -0.25) is 0 Å². The van der Waals surface area contributed by atoms with Crippen molar-refractivity contribution in [1.82, 2.24) is 0 Å². The minimum Gasteiger partial charge on any atom is -0.1000 e. The number of fused-ring (bicyclic) bond motifs is 2. The highest BCUT2D eigenvalue weighted by Gasteiger charge is 2.56. The molecule has 3 rings (SSSR count). The first-order valence-corrected chi connectivity index (χ1v) is 7.54. The summed E-state index contributed by atoms with van der Waals surface area (Å²) >= 11 is 0. The van der Waals surface area contributed by atoms with Crippen LogP contribution in [-0.4, -0.2) is 6.71 Å². The molecule has 2 saturated heterocycles. The van der Waals surface area contributed by atoms with Crippen LogP contribution < -0.4 is 0 Å². The Morgan fingerprint density at radius 2 is 1.76 bits per heavy atom. The van der Waals surface area contributed by atoms with Gasteiger partial charge >= 0.3 is 0 Å². The van der Waals surface area contributed by atoms with Crippen LogP contribution in [0.1, 0.15) is 48.0 Å². The number of allylic oxidation sites excluding steroid dienone is 1. The van der Waals surface area contributed by atoms with E-state index in [1.807, 2.05) is 0 Å². The van der Waals surface area contributed by atoms with E-state index in [1.165, 1.54) is 6.42 Å². The van der Waals surface area contributed by atoms with Gasteiger partial charge in [0.05, 0.1) is 0 Å². The lowest BCUT2D eigenvalue weighted by Gasteiger charge is -2.59. The molecule has 0 aromatic heterocycles. The van der Waals surface area contributed by atoms with Gasteiger partial charge in [0.15, 0.2) is 6.71 Å². The first kappa shape index (κ1) is 13.2. The standard InChI is InChI=1S/C16H29B/c1-9(2)11(5)15-8-14-12(6)16(13(14)7)17(15)10(3)4/h9-11,13-16H,6,8H2,1-5,7H3. The van der Waals surface area contributed by atoms with Gasteiger partial charge in [-0.2, -0.15) is 0 Å². The van der Waals surface area contributed by atoms with E-state index in [4.69, 9.17) is 0 Å². The normalized spacial score (nSPS) is 38.6. The Hall–Kier alpha value is -0.195. The van der Waals surface area contributed by atoms with Gasteiger partial charge in [-0.15, -0.1) is 0 Å². The van der Waals surface area contributed by atoms with E-state index >= 15 is 0 Å². The first-order valence-electron chi connectivity index (χ1n) is 7.54. The van der Waals surface area contributed by atoms with E-state index in [0.717, 1.165) is 47.8 Å². The van der Waals surface area contributed by atoms with Crippen LogP contribution in [0, 0.1) is 23.7 Å². The van der Waals surface area contributed by atoms with Gasteiger partial charge < -0.3 is 0 Å². The number of hydrogen-bond acceptors (Lipinski definition) is 0. The van der Waals surface area contributed by atoms with Crippen LogP contribution in [0.5, 0.6) is 0 Å². The molecule has 1 aliphatic carbocycles. The molecule has 0 aromatic rings. The van der Waals surface area contributed by atoms with Gasteiger partial charge in [-0.25, -0.2) is 0 Å². The molecule has 0 spiro atoms. The van der Waals surface area contributed by atoms with Crippen molar-refractivity contribution in [2.24, 2.45) is 23.7 Å². The molecular formula is C16H29B. The van der Waals surface area contributed by atoms with Gasteiger partial charge in [0.25, 0.3) is 0 Å². The predicted octanol–water partition coefficient (Wildman–Crippen LogP) is 5.15. The Bertz CT molecular complexity index is 305. The zero-order valence-electron chi connectivity index (χ0n) is 12.5. The summed E-state index contributed by atoms with van der Waals surface area (Å²) in [7, 11) is 0. The third-order valence-electron chi connectivity index (χ3n) is 6.04. The number of hydrogen-bond donors (Lipinski definition) is 0. The molecule has 96 valence electrons. The maximum absolute atomic E-state index is 4.37. The quantitative estimate of drug-likeness (QED) is 0.466. The molecule has 0 radical (unpaired) electrons. The molecule has 2 bridgehead atoms. The topological polar surface area (TPSA) is 0 Å². The summed E-state index contributed by atoms with van der Waals surface area (Å²) in [6, 6.07) is 0. The molecule has 0 amide bonds. The fourth-order valence-electron chi connectivity index (χ4n) is 4.70. The predicted molar refractivity (Wildman–Crippen MR) is 78.8 cm³/mol. The fraction of sp³-hybridized carbons (Fsp3) is 0.875. The summed E-state index contributed by atoms with van der Waals surface area (Å²) < 4.78 is 0. The summed E-state index contributed by atoms with van der Waals surface area (Å²) in [5.74, 6) is 6.03. The highest BCUT2D eigenvalue weighted by Crippen LogP contribution is 2.64. The molecule has 17 heavy (non-hydrogen) atoms. The van der Waals surface area contributed by atoms with Crippen molar-refractivity contribution in [1.29, 1.82) is 0 Å². The van der Waals surface area contributed by atoms with Crippen molar-refractivity contribution in [3.05, 3.63) is 12.2 Å². The summed E-state index contributed by atoms with van der Waals surface area (Å²) in [4.78, 5) is 0. The van der Waals surface area contributed by atoms with Gasteiger partial charge in [0.2, 0.25) is 0 Å². The van der Waals surface area contributed by atoms with Crippen molar-refractivity contribution >= 4 is 6.71 Å². The molecule has 2 heterocycles. The number of rotatable bonds is 3. The molecule has 5 unspecified atom stereocenters. The lowest BCUT2D eigenvalue weighted by atomic mass is 9.16. The van der Waals surface area contributed by atoms with Crippen LogP contribution in [-0.2, 0) is 0 Å². The molecule has 2 aliphatic heterocycles. The smallest absolute Gasteiger partial charge is 0.1000 e. The zero-order chi connectivity index (χ0) is 12.9. The van der Waals surface area contributed by atoms with Crippen LogP contribution in [0.25, 0.3) is 0 Å². The van der Waals surface area contributed by atoms with Gasteiger partial charge in [-0.05, 0) is 35.9 Å². The Kier molecular flexibility index (Phi) is 3.49. The van der Waals surface area contributed by atoms with Gasteiger partial charge in [0.1, 0.15) is 0 Å². The van der Waals surface area contributed by atoms with Gasteiger partial charge in [0, 0.05) is 0 Å². The summed E-state index contributed by atoms with van der Waals surface area (Å²) in [5, 5.41) is 0. The Balaban J connectivity index is 2.22. The minimum atomic E-state index is 0.812. The molecule has 1 heteroatoms. The second kappa shape index (κ2) is 4.48. The molecule has 3 fully saturated rings. The van der Waals surface area contributed by atoms with Crippen LogP contribution in [0.2, 0.25) is 17.5 Å². The lowest BCUT2D eigenvalue weighted by Crippen LogP contribution is -2.53. The summed E-state index contributed by atoms with van der Waals surface area (Å²) in [6.45, 7) is 19.8. The molecule has 1 saturated carbocycles. The fourth-order valence-corrected chi connectivity index (χ4v) is 4.70. The Morgan fingerprint density at radius 1 is 1.18 bits per heavy atom. The maximum atomic E-state index is 4.37. The van der Waals surface area contributed by atoms with Crippen LogP contribution in [0.4, 0.5) is 0 Å². The van der Waals surface area contributed by atoms with Crippen molar-refractivity contribution in [2.75, 3.05) is 0 Å². The molecule has 0 nitrogen and oxygen atoms in total. The van der Waals surface area contributed by atoms with Crippen LogP contribution >= 0.6 is 0 Å². The minimum absolute atomic E-state index is 0.812. The molecule has 0 aromatic carbocycles. The molecule has 5 atom stereocenters. The Morgan fingerprint density at radius 3 is 2.18 bits per heavy atom. The van der Waals surface area contributed by atoms with Gasteiger partial charge in [-0.1, -0.05) is 65.3 Å². The summed E-state index contributed by atoms with van der Waals surface area (Å²) in [5.41, 5.74) is 1.59. The molecular weight excluding hydrogens is 203 g/mol. The second-order valence-corrected chi connectivity index (χ2v) is 7.39. The van der Waals surface area contributed by atoms with Crippen molar-refractivity contribution in [3.8, 4) is 0 Å². The highest BCUT2D eigenvalue weighted by atomic mass is 14.5. The largest absolute Gasteiger partial charge is 0.154 e. The molecule has 3 aliphatic rings. The van der Waals surface area contributed by atoms with Crippen molar-refractivity contribution in [3.63, 3.8) is 0 Å². The van der Waals surface area contributed by atoms with E-state index in [0.29, 0.717) is 0 Å². The third-order valence-corrected chi connectivity index (χ3v) is 6.04. The van der Waals surface area contributed by atoms with Crippen molar-refractivity contribution in [2.45, 2.75) is 65.4 Å². The van der Waals surface area contributed by atoms with Crippen molar-refractivity contribution < 1.29 is 0 Å². The monoisotopic (exact) mass is 232 g/mol. The lowest BCUT2D eigenvalue weighted by molar-refractivity contribution is 0.210. The van der Waals surface area contributed by atoms with E-state index in [1.54, 1.807) is 5.57 Å². The zero-order valence-corrected chi connectivity index (χ0v) is 12.5. The average Bonchev–Trinajstić information content (AvgIpc) is 2.28. The maximum Gasteiger partial charge on any atom is 0.154 e. The van der Waals surface area contributed by atoms with Crippen LogP contribution in [0.3, 0.4) is 0 Å².